The van der Waals surface area contributed by atoms with Crippen LogP contribution in [0.4, 0.5) is 20.7 Å². The minimum absolute atomic E-state index is 0.0587. The minimum Gasteiger partial charge on any atom is -0.360 e. The Morgan fingerprint density at radius 1 is 1.06 bits per heavy atom. The molecule has 0 aliphatic carbocycles. The molecule has 5 aromatic rings. The van der Waals surface area contributed by atoms with E-state index in [0.29, 0.717) is 31.9 Å². The maximum atomic E-state index is 14.6. The van der Waals surface area contributed by atoms with Crippen molar-refractivity contribution in [3.05, 3.63) is 95.6 Å². The first-order valence-corrected chi connectivity index (χ1v) is 20.8. The van der Waals surface area contributed by atoms with Crippen LogP contribution in [0.1, 0.15) is 42.9 Å². The number of ether oxygens (including phenoxy) is 1. The van der Waals surface area contributed by atoms with Crippen molar-refractivity contribution >= 4 is 47.3 Å². The molecule has 0 saturated carbocycles. The number of fused-ring (bicyclic) bond motifs is 3. The fourth-order valence-electron chi connectivity index (χ4n) is 7.53. The van der Waals surface area contributed by atoms with Crippen molar-refractivity contribution in [1.82, 2.24) is 19.7 Å². The number of para-hydroxylation sites is 1. The van der Waals surface area contributed by atoms with Gasteiger partial charge in [0, 0.05) is 57.0 Å². The van der Waals surface area contributed by atoms with Gasteiger partial charge in [0.2, 0.25) is 0 Å². The Morgan fingerprint density at radius 3 is 2.67 bits per heavy atom. The van der Waals surface area contributed by atoms with Crippen molar-refractivity contribution < 1.29 is 13.9 Å². The second-order valence-corrected chi connectivity index (χ2v) is 20.3. The van der Waals surface area contributed by atoms with E-state index in [1.54, 1.807) is 6.07 Å². The summed E-state index contributed by atoms with van der Waals surface area (Å²) < 4.78 is 22.6. The Morgan fingerprint density at radius 2 is 1.88 bits per heavy atom. The molecule has 1 saturated heterocycles. The molecule has 0 bridgehead atoms. The van der Waals surface area contributed by atoms with Crippen molar-refractivity contribution in [2.24, 2.45) is 0 Å². The number of anilines is 2. The van der Waals surface area contributed by atoms with Crippen molar-refractivity contribution in [2.75, 3.05) is 23.4 Å². The first kappa shape index (κ1) is 32.3. The molecule has 1 fully saturated rings. The van der Waals surface area contributed by atoms with Gasteiger partial charge in [0.15, 0.2) is 0 Å². The number of hydrogen-bond acceptors (Lipinski definition) is 5. The number of nitrogens with one attached hydrogen (secondary N) is 1. The van der Waals surface area contributed by atoms with Crippen LogP contribution in [-0.4, -0.2) is 53.0 Å². The van der Waals surface area contributed by atoms with Gasteiger partial charge in [0.25, 0.3) is 0 Å². The Bertz CT molecular complexity index is 1990. The Balaban J connectivity index is 1.27. The van der Waals surface area contributed by atoms with Gasteiger partial charge in [-0.05, 0) is 72.5 Å². The van der Waals surface area contributed by atoms with Crippen molar-refractivity contribution in [3.8, 4) is 0 Å². The molecule has 48 heavy (non-hydrogen) atoms. The van der Waals surface area contributed by atoms with Crippen LogP contribution in [0, 0.1) is 12.7 Å². The van der Waals surface area contributed by atoms with Gasteiger partial charge in [0.05, 0.1) is 16.7 Å². The summed E-state index contributed by atoms with van der Waals surface area (Å²) in [6.07, 6.45) is 6.32. The smallest absolute Gasteiger partial charge is 0.322 e. The standard InChI is InChI=1S/C38H45FN6O2Si/c1-6-38(31-18-26(2)35-30(19-31)23-43(42-35)25-47-16-17-48(3,4)5)21-32(44-24-29-12-9-13-33(39)36(29)41-37(44)46)14-15-45(38)34-20-27-10-7-8-11-28(27)22-40-34/h7-13,18-20,22-23,32H,6,14-17,21,24-25H2,1-5H3,(H,41,46). The summed E-state index contributed by atoms with van der Waals surface area (Å²) in [5.74, 6) is 0.528. The lowest BCUT2D eigenvalue weighted by molar-refractivity contribution is 0.0791. The largest absolute Gasteiger partial charge is 0.360 e. The van der Waals surface area contributed by atoms with Crippen LogP contribution in [0.15, 0.2) is 73.1 Å². The molecule has 2 aromatic heterocycles. The summed E-state index contributed by atoms with van der Waals surface area (Å²) in [6, 6.07) is 20.9. The van der Waals surface area contributed by atoms with Gasteiger partial charge in [-0.2, -0.15) is 5.10 Å². The minimum atomic E-state index is -1.18. The van der Waals surface area contributed by atoms with E-state index in [9.17, 15) is 9.18 Å². The number of urea groups is 1. The number of carbonyl (C=O) groups is 1. The molecule has 8 nitrogen and oxygen atoms in total. The van der Waals surface area contributed by atoms with Crippen LogP contribution in [0.5, 0.6) is 0 Å². The Kier molecular flexibility index (Phi) is 8.49. The van der Waals surface area contributed by atoms with E-state index >= 15 is 0 Å². The molecule has 2 amide bonds. The second-order valence-electron chi connectivity index (χ2n) is 14.7. The highest BCUT2D eigenvalue weighted by Gasteiger charge is 2.46. The number of pyridine rings is 1. The third kappa shape index (κ3) is 6.07. The highest BCUT2D eigenvalue weighted by atomic mass is 28.3. The van der Waals surface area contributed by atoms with Crippen molar-refractivity contribution in [2.45, 2.75) is 83.7 Å². The first-order valence-electron chi connectivity index (χ1n) is 17.1. The number of aromatic nitrogens is 3. The number of piperidine rings is 1. The summed E-state index contributed by atoms with van der Waals surface area (Å²) in [7, 11) is -1.18. The van der Waals surface area contributed by atoms with Gasteiger partial charge in [-0.15, -0.1) is 0 Å². The number of carbonyl (C=O) groups excluding carboxylic acids is 1. The number of rotatable bonds is 9. The molecule has 7 rings (SSSR count). The average Bonchev–Trinajstić information content (AvgIpc) is 3.50. The molecule has 0 spiro atoms. The maximum Gasteiger partial charge on any atom is 0.322 e. The molecule has 1 N–H and O–H groups in total. The lowest BCUT2D eigenvalue weighted by atomic mass is 9.75. The van der Waals surface area contributed by atoms with E-state index in [-0.39, 0.29) is 12.1 Å². The highest BCUT2D eigenvalue weighted by molar-refractivity contribution is 6.76. The molecule has 2 unspecified atom stereocenters. The van der Waals surface area contributed by atoms with E-state index in [2.05, 4.69) is 86.3 Å². The lowest BCUT2D eigenvalue weighted by Crippen LogP contribution is -2.58. The van der Waals surface area contributed by atoms with Gasteiger partial charge in [-0.3, -0.25) is 0 Å². The summed E-state index contributed by atoms with van der Waals surface area (Å²) in [5.41, 5.74) is 3.88. The summed E-state index contributed by atoms with van der Waals surface area (Å²) >= 11 is 0. The zero-order valence-electron chi connectivity index (χ0n) is 28.6. The normalized spacial score (nSPS) is 20.0. The molecule has 2 aliphatic rings. The number of halogens is 1. The predicted octanol–water partition coefficient (Wildman–Crippen LogP) is 8.67. The third-order valence-corrected chi connectivity index (χ3v) is 11.9. The number of hydrogen-bond donors (Lipinski definition) is 1. The maximum absolute atomic E-state index is 14.6. The average molecular weight is 665 g/mol. The molecule has 10 heteroatoms. The molecule has 2 aliphatic heterocycles. The fourth-order valence-corrected chi connectivity index (χ4v) is 8.28. The summed E-state index contributed by atoms with van der Waals surface area (Å²) in [4.78, 5) is 22.9. The lowest BCUT2D eigenvalue weighted by Gasteiger charge is -2.53. The highest BCUT2D eigenvalue weighted by Crippen LogP contribution is 2.46. The van der Waals surface area contributed by atoms with Crippen LogP contribution < -0.4 is 10.2 Å². The Hall–Kier alpha value is -4.28. The fraction of sp³-hybridized carbons (Fsp3) is 0.395. The van der Waals surface area contributed by atoms with E-state index in [1.165, 1.54) is 11.6 Å². The zero-order chi connectivity index (χ0) is 33.6. The van der Waals surface area contributed by atoms with Gasteiger partial charge < -0.3 is 19.9 Å². The van der Waals surface area contributed by atoms with Crippen LogP contribution in [0.25, 0.3) is 21.7 Å². The summed E-state index contributed by atoms with van der Waals surface area (Å²) in [6.45, 7) is 13.7. The molecular formula is C38H45FN6O2Si. The number of aryl methyl sites for hydroxylation is 1. The van der Waals surface area contributed by atoms with Crippen LogP contribution in [0.3, 0.4) is 0 Å². The first-order chi connectivity index (χ1) is 23.0. The molecule has 250 valence electrons. The quantitative estimate of drug-likeness (QED) is 0.126. The van der Waals surface area contributed by atoms with Gasteiger partial charge in [-0.25, -0.2) is 18.9 Å². The summed E-state index contributed by atoms with van der Waals surface area (Å²) in [5, 5.41) is 11.1. The third-order valence-electron chi connectivity index (χ3n) is 10.2. The Labute approximate surface area is 282 Å². The SMILES string of the molecule is CCC1(c2cc(C)c3nn(COCC[Si](C)(C)C)cc3c2)CC(N2Cc3cccc(F)c3NC2=O)CCN1c1cc2ccccc2cn1. The van der Waals surface area contributed by atoms with E-state index in [4.69, 9.17) is 14.8 Å². The van der Waals surface area contributed by atoms with E-state index in [1.807, 2.05) is 27.9 Å². The predicted molar refractivity (Wildman–Crippen MR) is 194 cm³/mol. The monoisotopic (exact) mass is 664 g/mol. The molecule has 2 atom stereocenters. The molecular weight excluding hydrogens is 620 g/mol. The molecule has 4 heterocycles. The van der Waals surface area contributed by atoms with Gasteiger partial charge >= 0.3 is 6.03 Å². The van der Waals surface area contributed by atoms with Crippen molar-refractivity contribution in [3.63, 3.8) is 0 Å². The van der Waals surface area contributed by atoms with Crippen molar-refractivity contribution in [1.29, 1.82) is 0 Å². The zero-order valence-corrected chi connectivity index (χ0v) is 29.6. The topological polar surface area (TPSA) is 75.5 Å². The number of nitrogens with zero attached hydrogens (tertiary/aromatic N) is 5. The van der Waals surface area contributed by atoms with Gasteiger partial charge in [0.1, 0.15) is 18.4 Å². The van der Waals surface area contributed by atoms with Crippen LogP contribution in [0.2, 0.25) is 25.7 Å². The number of amides is 2. The molecule has 3 aromatic carbocycles. The second kappa shape index (κ2) is 12.6. The number of benzene rings is 3. The van der Waals surface area contributed by atoms with Gasteiger partial charge in [-0.1, -0.05) is 69.0 Å². The van der Waals surface area contributed by atoms with Crippen LogP contribution >= 0.6 is 0 Å². The van der Waals surface area contributed by atoms with E-state index < -0.39 is 19.4 Å². The van der Waals surface area contributed by atoms with Crippen LogP contribution in [-0.2, 0) is 23.6 Å². The van der Waals surface area contributed by atoms with E-state index in [0.717, 1.165) is 64.1 Å². The molecule has 0 radical (unpaired) electrons.